The zero-order chi connectivity index (χ0) is 15.2. The number of ether oxygens (including phenoxy) is 2. The van der Waals surface area contributed by atoms with Crippen molar-refractivity contribution in [1.82, 2.24) is 0 Å². The van der Waals surface area contributed by atoms with Gasteiger partial charge in [0.1, 0.15) is 5.75 Å². The van der Waals surface area contributed by atoms with Gasteiger partial charge in [0.05, 0.1) is 25.9 Å². The van der Waals surface area contributed by atoms with Crippen LogP contribution in [0.2, 0.25) is 0 Å². The van der Waals surface area contributed by atoms with Crippen LogP contribution in [-0.2, 0) is 0 Å². The summed E-state index contributed by atoms with van der Waals surface area (Å²) < 4.78 is 10.4. The summed E-state index contributed by atoms with van der Waals surface area (Å²) in [5, 5.41) is 18.6. The second kappa shape index (κ2) is 8.50. The standard InChI is InChI=1S/C17H15NO3.Na.H/c1-20-16-8-5-13(10-17(16)21-2)14(11-18)9-12-3-6-15(19)7-4-12;;/h3-10,19H,1-2H3;;/q;+1;-1/b14-9+;;. The number of nitriles is 1. The molecule has 0 amide bonds. The third kappa shape index (κ3) is 4.28. The number of rotatable bonds is 4. The smallest absolute Gasteiger partial charge is 1.00 e. The normalized spacial score (nSPS) is 10.3. The molecular weight excluding hydrogens is 289 g/mol. The van der Waals surface area contributed by atoms with Crippen LogP contribution in [0, 0.1) is 11.3 Å². The molecule has 22 heavy (non-hydrogen) atoms. The van der Waals surface area contributed by atoms with Crippen LogP contribution in [0.1, 0.15) is 12.6 Å². The topological polar surface area (TPSA) is 62.5 Å². The Labute approximate surface area is 153 Å². The number of phenols is 1. The molecule has 0 bridgehead atoms. The molecule has 2 aromatic rings. The fraction of sp³-hybridized carbons (Fsp3) is 0.118. The average molecular weight is 305 g/mol. The van der Waals surface area contributed by atoms with Gasteiger partial charge < -0.3 is 16.0 Å². The fourth-order valence-corrected chi connectivity index (χ4v) is 1.92. The van der Waals surface area contributed by atoms with Gasteiger partial charge in [-0.1, -0.05) is 12.1 Å². The Morgan fingerprint density at radius 3 is 2.27 bits per heavy atom. The van der Waals surface area contributed by atoms with Gasteiger partial charge in [-0.25, -0.2) is 0 Å². The van der Waals surface area contributed by atoms with E-state index in [1.165, 1.54) is 0 Å². The molecule has 5 heteroatoms. The Morgan fingerprint density at radius 2 is 1.73 bits per heavy atom. The van der Waals surface area contributed by atoms with Crippen molar-refractivity contribution in [3.63, 3.8) is 0 Å². The maximum atomic E-state index is 9.35. The molecule has 0 aliphatic heterocycles. The van der Waals surface area contributed by atoms with Gasteiger partial charge in [-0.15, -0.1) is 0 Å². The molecule has 0 saturated carbocycles. The Hall–Kier alpha value is -1.93. The predicted octanol–water partition coefficient (Wildman–Crippen LogP) is 0.590. The van der Waals surface area contributed by atoms with Crippen LogP contribution in [0.5, 0.6) is 17.2 Å². The molecule has 0 atom stereocenters. The summed E-state index contributed by atoms with van der Waals surface area (Å²) in [6.07, 6.45) is 1.75. The van der Waals surface area contributed by atoms with Crippen molar-refractivity contribution in [3.05, 3.63) is 53.6 Å². The first-order valence-electron chi connectivity index (χ1n) is 6.31. The Bertz CT molecular complexity index is 709. The number of aromatic hydroxyl groups is 1. The summed E-state index contributed by atoms with van der Waals surface area (Å²) in [7, 11) is 3.12. The van der Waals surface area contributed by atoms with Gasteiger partial charge in [0.25, 0.3) is 0 Å². The molecule has 4 nitrogen and oxygen atoms in total. The molecule has 0 aromatic heterocycles. The van der Waals surface area contributed by atoms with Crippen molar-refractivity contribution in [2.75, 3.05) is 14.2 Å². The third-order valence-corrected chi connectivity index (χ3v) is 3.02. The summed E-state index contributed by atoms with van der Waals surface area (Å²) in [6, 6.07) is 14.1. The molecule has 0 saturated heterocycles. The van der Waals surface area contributed by atoms with Crippen LogP contribution in [0.3, 0.4) is 0 Å². The van der Waals surface area contributed by atoms with E-state index < -0.39 is 0 Å². The monoisotopic (exact) mass is 305 g/mol. The molecule has 2 aromatic carbocycles. The SMILES string of the molecule is COc1ccc(/C(C#N)=C/c2ccc(O)cc2)cc1OC.[H-].[Na+]. The number of benzene rings is 2. The summed E-state index contributed by atoms with van der Waals surface area (Å²) in [4.78, 5) is 0. The minimum atomic E-state index is 0. The maximum absolute atomic E-state index is 9.35. The number of allylic oxidation sites excluding steroid dienone is 1. The predicted molar refractivity (Wildman–Crippen MR) is 82.2 cm³/mol. The molecular formula is C17H16NNaO3. The van der Waals surface area contributed by atoms with E-state index in [1.54, 1.807) is 62.8 Å². The van der Waals surface area contributed by atoms with Gasteiger partial charge >= 0.3 is 29.6 Å². The minimum absolute atomic E-state index is 0. The average Bonchev–Trinajstić information content (AvgIpc) is 2.53. The zero-order valence-corrected chi connectivity index (χ0v) is 14.8. The Balaban J connectivity index is 0.00000242. The van der Waals surface area contributed by atoms with Gasteiger partial charge in [-0.05, 0) is 47.5 Å². The van der Waals surface area contributed by atoms with E-state index in [-0.39, 0.29) is 36.7 Å². The Kier molecular flexibility index (Phi) is 7.00. The van der Waals surface area contributed by atoms with Gasteiger partial charge in [0.15, 0.2) is 11.5 Å². The van der Waals surface area contributed by atoms with E-state index in [1.807, 2.05) is 0 Å². The second-order valence-corrected chi connectivity index (χ2v) is 4.33. The van der Waals surface area contributed by atoms with E-state index in [9.17, 15) is 10.4 Å². The second-order valence-electron chi connectivity index (χ2n) is 4.33. The van der Waals surface area contributed by atoms with Crippen LogP contribution >= 0.6 is 0 Å². The molecule has 0 aliphatic carbocycles. The van der Waals surface area contributed by atoms with E-state index in [0.717, 1.165) is 11.1 Å². The van der Waals surface area contributed by atoms with E-state index in [2.05, 4.69) is 6.07 Å². The van der Waals surface area contributed by atoms with E-state index in [4.69, 9.17) is 9.47 Å². The minimum Gasteiger partial charge on any atom is -1.00 e. The van der Waals surface area contributed by atoms with Crippen LogP contribution in [0.25, 0.3) is 11.6 Å². The van der Waals surface area contributed by atoms with Crippen molar-refractivity contribution >= 4 is 11.6 Å². The molecule has 0 fully saturated rings. The summed E-state index contributed by atoms with van der Waals surface area (Å²) >= 11 is 0. The molecule has 108 valence electrons. The number of nitrogens with zero attached hydrogens (tertiary/aromatic N) is 1. The van der Waals surface area contributed by atoms with Gasteiger partial charge in [-0.2, -0.15) is 5.26 Å². The summed E-state index contributed by atoms with van der Waals surface area (Å²) in [5.41, 5.74) is 2.07. The van der Waals surface area contributed by atoms with Crippen molar-refractivity contribution in [3.8, 4) is 23.3 Å². The van der Waals surface area contributed by atoms with Crippen LogP contribution < -0.4 is 39.0 Å². The molecule has 0 heterocycles. The van der Waals surface area contributed by atoms with Gasteiger partial charge in [-0.3, -0.25) is 0 Å². The van der Waals surface area contributed by atoms with Crippen molar-refractivity contribution in [2.24, 2.45) is 0 Å². The molecule has 0 aliphatic rings. The van der Waals surface area contributed by atoms with Crippen molar-refractivity contribution in [2.45, 2.75) is 0 Å². The molecule has 2 rings (SSSR count). The van der Waals surface area contributed by atoms with Crippen molar-refractivity contribution < 1.29 is 45.6 Å². The largest absolute Gasteiger partial charge is 1.00 e. The fourth-order valence-electron chi connectivity index (χ4n) is 1.92. The summed E-state index contributed by atoms with van der Waals surface area (Å²) in [5.74, 6) is 1.38. The molecule has 0 radical (unpaired) electrons. The van der Waals surface area contributed by atoms with Crippen molar-refractivity contribution in [1.29, 1.82) is 5.26 Å². The van der Waals surface area contributed by atoms with Crippen LogP contribution in [-0.4, -0.2) is 19.3 Å². The summed E-state index contributed by atoms with van der Waals surface area (Å²) in [6.45, 7) is 0. The maximum Gasteiger partial charge on any atom is 1.00 e. The number of phenolic OH excluding ortho intramolecular Hbond substituents is 1. The van der Waals surface area contributed by atoms with Crippen LogP contribution in [0.4, 0.5) is 0 Å². The zero-order valence-electron chi connectivity index (χ0n) is 13.8. The first-order chi connectivity index (χ1) is 10.2. The molecule has 0 unspecified atom stereocenters. The van der Waals surface area contributed by atoms with E-state index in [0.29, 0.717) is 17.1 Å². The Morgan fingerprint density at radius 1 is 1.09 bits per heavy atom. The number of methoxy groups -OCH3 is 2. The van der Waals surface area contributed by atoms with Crippen LogP contribution in [0.15, 0.2) is 42.5 Å². The van der Waals surface area contributed by atoms with E-state index >= 15 is 0 Å². The first-order valence-corrected chi connectivity index (χ1v) is 6.31. The third-order valence-electron chi connectivity index (χ3n) is 3.02. The molecule has 1 N–H and O–H groups in total. The number of hydrogen-bond donors (Lipinski definition) is 1. The number of hydrogen-bond acceptors (Lipinski definition) is 4. The van der Waals surface area contributed by atoms with Gasteiger partial charge in [0.2, 0.25) is 0 Å². The quantitative estimate of drug-likeness (QED) is 0.510. The van der Waals surface area contributed by atoms with Gasteiger partial charge in [0, 0.05) is 0 Å². The molecule has 0 spiro atoms. The first kappa shape index (κ1) is 18.1.